The van der Waals surface area contributed by atoms with Crippen molar-refractivity contribution < 1.29 is 9.47 Å². The molecule has 0 amide bonds. The first-order valence-electron chi connectivity index (χ1n) is 6.67. The maximum absolute atomic E-state index is 5.70. The van der Waals surface area contributed by atoms with E-state index >= 15 is 0 Å². The van der Waals surface area contributed by atoms with Gasteiger partial charge in [0.05, 0.1) is 12.2 Å². The molecule has 0 aliphatic rings. The van der Waals surface area contributed by atoms with Gasteiger partial charge in [-0.15, -0.1) is 0 Å². The van der Waals surface area contributed by atoms with Crippen molar-refractivity contribution in [3.05, 3.63) is 11.4 Å². The molecule has 1 aromatic heterocycles. The van der Waals surface area contributed by atoms with E-state index in [9.17, 15) is 0 Å². The fourth-order valence-corrected chi connectivity index (χ4v) is 1.56. The van der Waals surface area contributed by atoms with Gasteiger partial charge < -0.3 is 14.8 Å². The van der Waals surface area contributed by atoms with Gasteiger partial charge in [0.2, 0.25) is 5.88 Å². The Morgan fingerprint density at radius 3 is 2.37 bits per heavy atom. The van der Waals surface area contributed by atoms with Crippen molar-refractivity contribution in [3.63, 3.8) is 0 Å². The Kier molecular flexibility index (Phi) is 5.54. The molecule has 0 atom stereocenters. The molecule has 0 fully saturated rings. The Balaban J connectivity index is 2.95. The first-order valence-corrected chi connectivity index (χ1v) is 6.67. The Hall–Kier alpha value is -1.36. The predicted octanol–water partition coefficient (Wildman–Crippen LogP) is 2.54. The molecule has 5 heteroatoms. The highest BCUT2D eigenvalue weighted by molar-refractivity contribution is 5.48. The van der Waals surface area contributed by atoms with Crippen LogP contribution in [0.4, 0.5) is 5.82 Å². The van der Waals surface area contributed by atoms with Gasteiger partial charge in [-0.2, -0.15) is 4.98 Å². The summed E-state index contributed by atoms with van der Waals surface area (Å²) in [6.45, 7) is 11.9. The van der Waals surface area contributed by atoms with Gasteiger partial charge in [0.15, 0.2) is 0 Å². The molecule has 1 N–H and O–H groups in total. The minimum atomic E-state index is -0.114. The van der Waals surface area contributed by atoms with Gasteiger partial charge in [-0.25, -0.2) is 4.98 Å². The topological polar surface area (TPSA) is 56.3 Å². The number of aromatic nitrogens is 2. The summed E-state index contributed by atoms with van der Waals surface area (Å²) in [5, 5.41) is 3.09. The molecule has 0 saturated heterocycles. The van der Waals surface area contributed by atoms with Gasteiger partial charge in [-0.1, -0.05) is 20.8 Å². The highest BCUT2D eigenvalue weighted by Gasteiger charge is 2.21. The molecule has 108 valence electrons. The zero-order valence-electron chi connectivity index (χ0n) is 12.8. The molecule has 1 aromatic rings. The van der Waals surface area contributed by atoms with Crippen LogP contribution < -0.4 is 10.1 Å². The summed E-state index contributed by atoms with van der Waals surface area (Å²) >= 11 is 0. The lowest BCUT2D eigenvalue weighted by atomic mass is 9.95. The van der Waals surface area contributed by atoms with Crippen LogP contribution in [0.2, 0.25) is 0 Å². The molecule has 1 heterocycles. The highest BCUT2D eigenvalue weighted by Crippen LogP contribution is 2.27. The number of ether oxygens (including phenoxy) is 2. The molecule has 0 bridgehead atoms. The van der Waals surface area contributed by atoms with Crippen molar-refractivity contribution in [1.29, 1.82) is 0 Å². The van der Waals surface area contributed by atoms with Gasteiger partial charge in [-0.3, -0.25) is 0 Å². The predicted molar refractivity (Wildman–Crippen MR) is 77.0 cm³/mol. The van der Waals surface area contributed by atoms with Crippen molar-refractivity contribution in [2.75, 3.05) is 32.2 Å². The minimum Gasteiger partial charge on any atom is -0.475 e. The fraction of sp³-hybridized carbons (Fsp3) is 0.714. The van der Waals surface area contributed by atoms with E-state index in [-0.39, 0.29) is 5.41 Å². The number of hydrogen-bond acceptors (Lipinski definition) is 5. The fourth-order valence-electron chi connectivity index (χ4n) is 1.56. The minimum absolute atomic E-state index is 0.114. The van der Waals surface area contributed by atoms with E-state index in [0.29, 0.717) is 25.7 Å². The van der Waals surface area contributed by atoms with Crippen LogP contribution in [0.15, 0.2) is 0 Å². The van der Waals surface area contributed by atoms with Gasteiger partial charge >= 0.3 is 0 Å². The largest absolute Gasteiger partial charge is 0.475 e. The quantitative estimate of drug-likeness (QED) is 0.803. The van der Waals surface area contributed by atoms with Gasteiger partial charge in [0.25, 0.3) is 0 Å². The molecular formula is C14H25N3O2. The molecule has 19 heavy (non-hydrogen) atoms. The molecule has 1 rings (SSSR count). The van der Waals surface area contributed by atoms with E-state index in [1.807, 2.05) is 20.9 Å². The zero-order chi connectivity index (χ0) is 14.5. The summed E-state index contributed by atoms with van der Waals surface area (Å²) < 4.78 is 11.0. The van der Waals surface area contributed by atoms with E-state index in [4.69, 9.17) is 9.47 Å². The van der Waals surface area contributed by atoms with Gasteiger partial charge in [0, 0.05) is 19.1 Å². The van der Waals surface area contributed by atoms with Crippen molar-refractivity contribution in [2.45, 2.75) is 40.0 Å². The van der Waals surface area contributed by atoms with Crippen LogP contribution in [0, 0.1) is 6.92 Å². The molecule has 0 aliphatic heterocycles. The smallest absolute Gasteiger partial charge is 0.221 e. The van der Waals surface area contributed by atoms with Crippen molar-refractivity contribution >= 4 is 5.82 Å². The second-order valence-corrected chi connectivity index (χ2v) is 5.37. The Labute approximate surface area is 115 Å². The third-order valence-corrected chi connectivity index (χ3v) is 2.68. The molecule has 0 saturated carbocycles. The van der Waals surface area contributed by atoms with E-state index in [2.05, 4.69) is 36.1 Å². The summed E-state index contributed by atoms with van der Waals surface area (Å²) in [5.41, 5.74) is 0.809. The molecular weight excluding hydrogens is 242 g/mol. The van der Waals surface area contributed by atoms with Crippen LogP contribution in [0.1, 0.15) is 39.1 Å². The zero-order valence-corrected chi connectivity index (χ0v) is 12.8. The second-order valence-electron chi connectivity index (χ2n) is 5.37. The highest BCUT2D eigenvalue weighted by atomic mass is 16.5. The van der Waals surface area contributed by atoms with Crippen LogP contribution in [0.25, 0.3) is 0 Å². The summed E-state index contributed by atoms with van der Waals surface area (Å²) in [4.78, 5) is 9.05. The molecule has 0 aliphatic carbocycles. The Bertz CT molecular complexity index is 414. The lowest BCUT2D eigenvalue weighted by Crippen LogP contribution is -2.19. The van der Waals surface area contributed by atoms with Crippen LogP contribution in [0.3, 0.4) is 0 Å². The maximum Gasteiger partial charge on any atom is 0.221 e. The average molecular weight is 267 g/mol. The molecule has 5 nitrogen and oxygen atoms in total. The number of rotatable bonds is 6. The maximum atomic E-state index is 5.70. The number of nitrogens with one attached hydrogen (secondary N) is 1. The molecule has 0 spiro atoms. The standard InChI is InChI=1S/C14H25N3O2/c1-7-18-8-9-19-12-10(2)11(15-6)16-13(17-12)14(3,4)5/h7-9H2,1-6H3,(H,15,16,17). The van der Waals surface area contributed by atoms with Crippen LogP contribution >= 0.6 is 0 Å². The molecule has 0 radical (unpaired) electrons. The van der Waals surface area contributed by atoms with Crippen molar-refractivity contribution in [3.8, 4) is 5.88 Å². The normalized spacial score (nSPS) is 11.5. The summed E-state index contributed by atoms with van der Waals surface area (Å²) in [5.74, 6) is 2.21. The molecule has 0 unspecified atom stereocenters. The number of nitrogens with zero attached hydrogens (tertiary/aromatic N) is 2. The van der Waals surface area contributed by atoms with E-state index in [1.165, 1.54) is 0 Å². The van der Waals surface area contributed by atoms with E-state index in [0.717, 1.165) is 17.2 Å². The van der Waals surface area contributed by atoms with Crippen LogP contribution in [0.5, 0.6) is 5.88 Å². The summed E-state index contributed by atoms with van der Waals surface area (Å²) in [7, 11) is 1.85. The SMILES string of the molecule is CCOCCOc1nc(C(C)(C)C)nc(NC)c1C. The van der Waals surface area contributed by atoms with Crippen LogP contribution in [-0.2, 0) is 10.2 Å². The van der Waals surface area contributed by atoms with Crippen molar-refractivity contribution in [2.24, 2.45) is 0 Å². The second kappa shape index (κ2) is 6.70. The average Bonchev–Trinajstić information content (AvgIpc) is 2.35. The lowest BCUT2D eigenvalue weighted by Gasteiger charge is -2.20. The molecule has 0 aromatic carbocycles. The monoisotopic (exact) mass is 267 g/mol. The number of hydrogen-bond donors (Lipinski definition) is 1. The van der Waals surface area contributed by atoms with E-state index < -0.39 is 0 Å². The van der Waals surface area contributed by atoms with Gasteiger partial charge in [0.1, 0.15) is 18.2 Å². The first-order chi connectivity index (χ1) is 8.90. The summed E-state index contributed by atoms with van der Waals surface area (Å²) in [6, 6.07) is 0. The summed E-state index contributed by atoms with van der Waals surface area (Å²) in [6.07, 6.45) is 0. The Morgan fingerprint density at radius 1 is 1.16 bits per heavy atom. The van der Waals surface area contributed by atoms with Crippen LogP contribution in [-0.4, -0.2) is 36.8 Å². The van der Waals surface area contributed by atoms with Gasteiger partial charge in [-0.05, 0) is 13.8 Å². The lowest BCUT2D eigenvalue weighted by molar-refractivity contribution is 0.108. The van der Waals surface area contributed by atoms with E-state index in [1.54, 1.807) is 0 Å². The Morgan fingerprint density at radius 2 is 1.84 bits per heavy atom. The third kappa shape index (κ3) is 4.35. The number of anilines is 1. The first kappa shape index (κ1) is 15.7. The van der Waals surface area contributed by atoms with Crippen molar-refractivity contribution in [1.82, 2.24) is 9.97 Å². The third-order valence-electron chi connectivity index (χ3n) is 2.68.